The lowest BCUT2D eigenvalue weighted by atomic mass is 9.92. The van der Waals surface area contributed by atoms with E-state index in [0.29, 0.717) is 18.5 Å². The van der Waals surface area contributed by atoms with Crippen molar-refractivity contribution < 1.29 is 0 Å². The zero-order chi connectivity index (χ0) is 11.5. The molecular formula is C12H23N3. The Bertz CT molecular complexity index is 242. The molecule has 1 aliphatic rings. The van der Waals surface area contributed by atoms with Crippen LogP contribution in [0.15, 0.2) is 0 Å². The zero-order valence-corrected chi connectivity index (χ0v) is 10.4. The van der Waals surface area contributed by atoms with Gasteiger partial charge in [-0.05, 0) is 27.2 Å². The van der Waals surface area contributed by atoms with E-state index in [4.69, 9.17) is 5.26 Å². The van der Waals surface area contributed by atoms with Crippen molar-refractivity contribution in [3.05, 3.63) is 0 Å². The van der Waals surface area contributed by atoms with Crippen molar-refractivity contribution in [3.63, 3.8) is 0 Å². The first-order valence-corrected chi connectivity index (χ1v) is 5.89. The Kier molecular flexibility index (Phi) is 4.12. The summed E-state index contributed by atoms with van der Waals surface area (Å²) in [4.78, 5) is 2.52. The molecule has 15 heavy (non-hydrogen) atoms. The predicted molar refractivity (Wildman–Crippen MR) is 62.6 cm³/mol. The molecule has 0 aromatic rings. The summed E-state index contributed by atoms with van der Waals surface area (Å²) in [6.07, 6.45) is 1.77. The molecule has 86 valence electrons. The molecule has 0 bridgehead atoms. The molecule has 0 saturated carbocycles. The van der Waals surface area contributed by atoms with Gasteiger partial charge in [-0.1, -0.05) is 6.92 Å². The van der Waals surface area contributed by atoms with Gasteiger partial charge in [-0.25, -0.2) is 0 Å². The Labute approximate surface area is 93.5 Å². The van der Waals surface area contributed by atoms with Crippen LogP contribution >= 0.6 is 0 Å². The van der Waals surface area contributed by atoms with E-state index in [0.717, 1.165) is 19.5 Å². The molecule has 3 heteroatoms. The highest BCUT2D eigenvalue weighted by molar-refractivity contribution is 4.99. The smallest absolute Gasteiger partial charge is 0.0638 e. The second-order valence-electron chi connectivity index (χ2n) is 5.12. The first-order valence-electron chi connectivity index (χ1n) is 5.89. The summed E-state index contributed by atoms with van der Waals surface area (Å²) in [7, 11) is 0. The summed E-state index contributed by atoms with van der Waals surface area (Å²) in [6.45, 7) is 11.0. The summed E-state index contributed by atoms with van der Waals surface area (Å²) >= 11 is 0. The van der Waals surface area contributed by atoms with Crippen LogP contribution in [0.4, 0.5) is 0 Å². The van der Waals surface area contributed by atoms with Crippen LogP contribution < -0.4 is 5.32 Å². The fourth-order valence-electron chi connectivity index (χ4n) is 2.66. The van der Waals surface area contributed by atoms with Crippen LogP contribution in [-0.4, -0.2) is 35.6 Å². The minimum atomic E-state index is 0.162. The zero-order valence-electron chi connectivity index (χ0n) is 10.4. The van der Waals surface area contributed by atoms with Gasteiger partial charge in [0, 0.05) is 30.7 Å². The van der Waals surface area contributed by atoms with E-state index in [9.17, 15) is 0 Å². The van der Waals surface area contributed by atoms with Crippen molar-refractivity contribution in [2.75, 3.05) is 13.1 Å². The molecule has 1 rings (SSSR count). The summed E-state index contributed by atoms with van der Waals surface area (Å²) < 4.78 is 0. The van der Waals surface area contributed by atoms with Crippen LogP contribution in [0.3, 0.4) is 0 Å². The maximum absolute atomic E-state index is 8.86. The molecule has 0 aromatic carbocycles. The molecule has 1 fully saturated rings. The Morgan fingerprint density at radius 2 is 2.27 bits per heavy atom. The van der Waals surface area contributed by atoms with Crippen LogP contribution in [0.2, 0.25) is 0 Å². The summed E-state index contributed by atoms with van der Waals surface area (Å²) in [5, 5.41) is 12.3. The number of nitrogens with one attached hydrogen (secondary N) is 1. The summed E-state index contributed by atoms with van der Waals surface area (Å²) in [5.74, 6) is 0. The number of nitrogens with zero attached hydrogens (tertiary/aromatic N) is 2. The SMILES string of the molecule is CCC(C)N1C(CC#N)CNCC1(C)C. The van der Waals surface area contributed by atoms with Crippen LogP contribution in [-0.2, 0) is 0 Å². The molecule has 3 nitrogen and oxygen atoms in total. The average molecular weight is 209 g/mol. The average Bonchev–Trinajstić information content (AvgIpc) is 2.16. The molecule has 1 heterocycles. The Morgan fingerprint density at radius 1 is 1.60 bits per heavy atom. The van der Waals surface area contributed by atoms with Gasteiger partial charge < -0.3 is 5.32 Å². The number of rotatable bonds is 3. The Hall–Kier alpha value is -0.590. The molecule has 0 spiro atoms. The second-order valence-corrected chi connectivity index (χ2v) is 5.12. The number of hydrogen-bond acceptors (Lipinski definition) is 3. The lowest BCUT2D eigenvalue weighted by Gasteiger charge is -2.50. The lowest BCUT2D eigenvalue weighted by Crippen LogP contribution is -2.65. The van der Waals surface area contributed by atoms with Gasteiger partial charge in [-0.3, -0.25) is 4.90 Å². The van der Waals surface area contributed by atoms with Gasteiger partial charge in [0.1, 0.15) is 0 Å². The Morgan fingerprint density at radius 3 is 2.80 bits per heavy atom. The molecular weight excluding hydrogens is 186 g/mol. The number of hydrogen-bond donors (Lipinski definition) is 1. The van der Waals surface area contributed by atoms with Crippen LogP contribution in [0.25, 0.3) is 0 Å². The van der Waals surface area contributed by atoms with Crippen molar-refractivity contribution in [2.24, 2.45) is 0 Å². The van der Waals surface area contributed by atoms with Gasteiger partial charge in [0.15, 0.2) is 0 Å². The maximum Gasteiger partial charge on any atom is 0.0638 e. The van der Waals surface area contributed by atoms with Gasteiger partial charge in [-0.2, -0.15) is 5.26 Å². The molecule has 0 aliphatic carbocycles. The van der Waals surface area contributed by atoms with E-state index < -0.39 is 0 Å². The highest BCUT2D eigenvalue weighted by atomic mass is 15.3. The minimum absolute atomic E-state index is 0.162. The van der Waals surface area contributed by atoms with Gasteiger partial charge in [0.25, 0.3) is 0 Å². The Balaban J connectivity index is 2.82. The van der Waals surface area contributed by atoms with E-state index in [1.54, 1.807) is 0 Å². The normalized spacial score (nSPS) is 28.3. The topological polar surface area (TPSA) is 39.1 Å². The van der Waals surface area contributed by atoms with Crippen molar-refractivity contribution in [1.29, 1.82) is 5.26 Å². The van der Waals surface area contributed by atoms with Gasteiger partial charge >= 0.3 is 0 Å². The fraction of sp³-hybridized carbons (Fsp3) is 0.917. The third-order valence-corrected chi connectivity index (χ3v) is 3.42. The minimum Gasteiger partial charge on any atom is -0.313 e. The fourth-order valence-corrected chi connectivity index (χ4v) is 2.66. The van der Waals surface area contributed by atoms with E-state index in [-0.39, 0.29) is 5.54 Å². The van der Waals surface area contributed by atoms with Gasteiger partial charge in [-0.15, -0.1) is 0 Å². The number of piperazine rings is 1. The lowest BCUT2D eigenvalue weighted by molar-refractivity contribution is 0.00330. The highest BCUT2D eigenvalue weighted by Gasteiger charge is 2.38. The van der Waals surface area contributed by atoms with Crippen molar-refractivity contribution in [3.8, 4) is 6.07 Å². The molecule has 1 N–H and O–H groups in total. The maximum atomic E-state index is 8.86. The highest BCUT2D eigenvalue weighted by Crippen LogP contribution is 2.26. The summed E-state index contributed by atoms with van der Waals surface area (Å²) in [5.41, 5.74) is 0.162. The van der Waals surface area contributed by atoms with Crippen LogP contribution in [0.1, 0.15) is 40.5 Å². The third-order valence-electron chi connectivity index (χ3n) is 3.42. The van der Waals surface area contributed by atoms with E-state index in [1.807, 2.05) is 0 Å². The first kappa shape index (κ1) is 12.5. The molecule has 1 saturated heterocycles. The van der Waals surface area contributed by atoms with Gasteiger partial charge in [0.05, 0.1) is 12.5 Å². The van der Waals surface area contributed by atoms with Crippen molar-refractivity contribution >= 4 is 0 Å². The third kappa shape index (κ3) is 2.70. The monoisotopic (exact) mass is 209 g/mol. The molecule has 1 aliphatic heterocycles. The quantitative estimate of drug-likeness (QED) is 0.769. The number of nitriles is 1. The second kappa shape index (κ2) is 4.96. The molecule has 2 unspecified atom stereocenters. The van der Waals surface area contributed by atoms with E-state index in [1.165, 1.54) is 0 Å². The van der Waals surface area contributed by atoms with Crippen molar-refractivity contribution in [2.45, 2.75) is 58.2 Å². The van der Waals surface area contributed by atoms with E-state index in [2.05, 4.69) is 44.0 Å². The van der Waals surface area contributed by atoms with E-state index >= 15 is 0 Å². The first-order chi connectivity index (χ1) is 7.03. The van der Waals surface area contributed by atoms with Crippen LogP contribution in [0, 0.1) is 11.3 Å². The molecule has 0 radical (unpaired) electrons. The van der Waals surface area contributed by atoms with Crippen molar-refractivity contribution in [1.82, 2.24) is 10.2 Å². The van der Waals surface area contributed by atoms with Gasteiger partial charge in [0.2, 0.25) is 0 Å². The molecule has 2 atom stereocenters. The standard InChI is InChI=1S/C12H23N3/c1-5-10(2)15-11(6-7-13)8-14-9-12(15,3)4/h10-11,14H,5-6,8-9H2,1-4H3. The molecule has 0 amide bonds. The summed E-state index contributed by atoms with van der Waals surface area (Å²) in [6, 6.07) is 3.23. The predicted octanol–water partition coefficient (Wildman–Crippen LogP) is 1.75. The largest absolute Gasteiger partial charge is 0.313 e. The van der Waals surface area contributed by atoms with Crippen LogP contribution in [0.5, 0.6) is 0 Å². The molecule has 0 aromatic heterocycles.